The van der Waals surface area contributed by atoms with Crippen LogP contribution in [0.3, 0.4) is 0 Å². The molecule has 0 saturated carbocycles. The molecule has 2 N–H and O–H groups in total. The molecule has 0 spiro atoms. The number of hydrogen-bond acceptors (Lipinski definition) is 5. The fourth-order valence-electron chi connectivity index (χ4n) is 3.18. The number of ether oxygens (including phenoxy) is 2. The molecule has 0 aliphatic carbocycles. The monoisotopic (exact) mass is 399 g/mol. The summed E-state index contributed by atoms with van der Waals surface area (Å²) in [6.45, 7) is 0. The molecular formula is C24H21N3O3. The van der Waals surface area contributed by atoms with E-state index in [9.17, 15) is 4.79 Å². The van der Waals surface area contributed by atoms with Gasteiger partial charge in [0.15, 0.2) is 11.5 Å². The Bertz CT molecular complexity index is 1180. The van der Waals surface area contributed by atoms with Gasteiger partial charge in [-0.15, -0.1) is 0 Å². The quantitative estimate of drug-likeness (QED) is 0.463. The molecule has 0 fully saturated rings. The van der Waals surface area contributed by atoms with Gasteiger partial charge in [-0.25, -0.2) is 0 Å². The average molecular weight is 399 g/mol. The van der Waals surface area contributed by atoms with E-state index in [1.807, 2.05) is 54.6 Å². The zero-order valence-corrected chi connectivity index (χ0v) is 16.7. The van der Waals surface area contributed by atoms with Gasteiger partial charge in [0.25, 0.3) is 5.91 Å². The van der Waals surface area contributed by atoms with E-state index in [2.05, 4.69) is 15.6 Å². The van der Waals surface area contributed by atoms with E-state index >= 15 is 0 Å². The summed E-state index contributed by atoms with van der Waals surface area (Å²) in [7, 11) is 3.10. The SMILES string of the molecule is COc1ccc(C(=O)Nc2ccc(Nc3cccc4cccnc34)cc2)cc1OC. The molecule has 1 amide bonds. The first-order valence-corrected chi connectivity index (χ1v) is 9.42. The first kappa shape index (κ1) is 19.3. The Hall–Kier alpha value is -4.06. The van der Waals surface area contributed by atoms with Gasteiger partial charge in [0.2, 0.25) is 0 Å². The molecule has 6 heteroatoms. The van der Waals surface area contributed by atoms with Crippen LogP contribution in [0.2, 0.25) is 0 Å². The number of carbonyl (C=O) groups is 1. The molecule has 0 bridgehead atoms. The molecule has 0 saturated heterocycles. The van der Waals surface area contributed by atoms with E-state index in [4.69, 9.17) is 9.47 Å². The number of pyridine rings is 1. The molecule has 6 nitrogen and oxygen atoms in total. The average Bonchev–Trinajstić information content (AvgIpc) is 2.80. The lowest BCUT2D eigenvalue weighted by Gasteiger charge is -2.11. The van der Waals surface area contributed by atoms with E-state index in [-0.39, 0.29) is 5.91 Å². The Balaban J connectivity index is 1.48. The number of nitrogens with one attached hydrogen (secondary N) is 2. The fourth-order valence-corrected chi connectivity index (χ4v) is 3.18. The van der Waals surface area contributed by atoms with Crippen molar-refractivity contribution in [1.82, 2.24) is 4.98 Å². The highest BCUT2D eigenvalue weighted by molar-refractivity contribution is 6.04. The molecule has 0 atom stereocenters. The summed E-state index contributed by atoms with van der Waals surface area (Å²) in [5.41, 5.74) is 3.91. The van der Waals surface area contributed by atoms with E-state index in [0.717, 1.165) is 22.3 Å². The van der Waals surface area contributed by atoms with Crippen molar-refractivity contribution in [1.29, 1.82) is 0 Å². The molecular weight excluding hydrogens is 378 g/mol. The summed E-state index contributed by atoms with van der Waals surface area (Å²) >= 11 is 0. The lowest BCUT2D eigenvalue weighted by atomic mass is 10.1. The maximum Gasteiger partial charge on any atom is 0.255 e. The summed E-state index contributed by atoms with van der Waals surface area (Å²) in [6.07, 6.45) is 1.78. The number of rotatable bonds is 6. The van der Waals surface area contributed by atoms with E-state index in [1.54, 1.807) is 31.5 Å². The molecule has 1 heterocycles. The predicted octanol–water partition coefficient (Wildman–Crippen LogP) is 5.25. The van der Waals surface area contributed by atoms with Crippen molar-refractivity contribution in [3.63, 3.8) is 0 Å². The van der Waals surface area contributed by atoms with Crippen molar-refractivity contribution in [2.24, 2.45) is 0 Å². The molecule has 4 aromatic rings. The number of benzene rings is 3. The van der Waals surface area contributed by atoms with E-state index in [1.165, 1.54) is 7.11 Å². The molecule has 0 aliphatic heterocycles. The van der Waals surface area contributed by atoms with Crippen LogP contribution in [0.15, 0.2) is 79.0 Å². The van der Waals surface area contributed by atoms with Crippen molar-refractivity contribution in [3.05, 3.63) is 84.6 Å². The first-order chi connectivity index (χ1) is 14.7. The summed E-state index contributed by atoms with van der Waals surface area (Å²) in [5.74, 6) is 0.857. The van der Waals surface area contributed by atoms with Gasteiger partial charge >= 0.3 is 0 Å². The zero-order valence-electron chi connectivity index (χ0n) is 16.7. The number of amides is 1. The van der Waals surface area contributed by atoms with Crippen molar-refractivity contribution in [2.75, 3.05) is 24.9 Å². The number of para-hydroxylation sites is 1. The Morgan fingerprint density at radius 3 is 2.33 bits per heavy atom. The van der Waals surface area contributed by atoms with Crippen LogP contribution in [0, 0.1) is 0 Å². The molecule has 4 rings (SSSR count). The molecule has 0 unspecified atom stereocenters. The van der Waals surface area contributed by atoms with Crippen molar-refractivity contribution in [2.45, 2.75) is 0 Å². The molecule has 0 aliphatic rings. The van der Waals surface area contributed by atoms with Gasteiger partial charge in [-0.05, 0) is 54.6 Å². The van der Waals surface area contributed by atoms with Gasteiger partial charge in [0, 0.05) is 28.5 Å². The number of hydrogen-bond donors (Lipinski definition) is 2. The highest BCUT2D eigenvalue weighted by atomic mass is 16.5. The Morgan fingerprint density at radius 2 is 1.57 bits per heavy atom. The molecule has 1 aromatic heterocycles. The second kappa shape index (κ2) is 8.53. The number of carbonyl (C=O) groups excluding carboxylic acids is 1. The largest absolute Gasteiger partial charge is 0.493 e. The summed E-state index contributed by atoms with van der Waals surface area (Å²) in [5, 5.41) is 7.34. The van der Waals surface area contributed by atoms with Gasteiger partial charge in [0.1, 0.15) is 0 Å². The number of anilines is 3. The normalized spacial score (nSPS) is 10.5. The third-order valence-corrected chi connectivity index (χ3v) is 4.70. The second-order valence-electron chi connectivity index (χ2n) is 6.61. The molecule has 30 heavy (non-hydrogen) atoms. The second-order valence-corrected chi connectivity index (χ2v) is 6.61. The maximum absolute atomic E-state index is 12.6. The summed E-state index contributed by atoms with van der Waals surface area (Å²) < 4.78 is 10.5. The van der Waals surface area contributed by atoms with Crippen molar-refractivity contribution >= 4 is 33.9 Å². The third kappa shape index (κ3) is 4.03. The fraction of sp³-hybridized carbons (Fsp3) is 0.0833. The van der Waals surface area contributed by atoms with Gasteiger partial charge in [-0.3, -0.25) is 9.78 Å². The smallest absolute Gasteiger partial charge is 0.255 e. The standard InChI is InChI=1S/C24H21N3O3/c1-29-21-13-8-17(15-22(21)30-2)24(28)27-19-11-9-18(10-12-19)26-20-7-3-5-16-6-4-14-25-23(16)20/h3-15,26H,1-2H3,(H,27,28). The number of nitrogens with zero attached hydrogens (tertiary/aromatic N) is 1. The van der Waals surface area contributed by atoms with Crippen LogP contribution in [-0.2, 0) is 0 Å². The third-order valence-electron chi connectivity index (χ3n) is 4.70. The number of methoxy groups -OCH3 is 2. The van der Waals surface area contributed by atoms with Crippen LogP contribution in [-0.4, -0.2) is 25.1 Å². The Kier molecular flexibility index (Phi) is 5.48. The highest BCUT2D eigenvalue weighted by Crippen LogP contribution is 2.28. The van der Waals surface area contributed by atoms with Gasteiger partial charge in [-0.1, -0.05) is 18.2 Å². The van der Waals surface area contributed by atoms with Crippen LogP contribution < -0.4 is 20.1 Å². The van der Waals surface area contributed by atoms with Gasteiger partial charge in [0.05, 0.1) is 25.4 Å². The van der Waals surface area contributed by atoms with Crippen LogP contribution in [0.1, 0.15) is 10.4 Å². The molecule has 0 radical (unpaired) electrons. The predicted molar refractivity (Wildman–Crippen MR) is 119 cm³/mol. The molecule has 3 aromatic carbocycles. The zero-order chi connectivity index (χ0) is 20.9. The number of aromatic nitrogens is 1. The van der Waals surface area contributed by atoms with Crippen LogP contribution in [0.25, 0.3) is 10.9 Å². The first-order valence-electron chi connectivity index (χ1n) is 9.42. The maximum atomic E-state index is 12.6. The minimum atomic E-state index is -0.227. The van der Waals surface area contributed by atoms with Crippen LogP contribution >= 0.6 is 0 Å². The van der Waals surface area contributed by atoms with Crippen molar-refractivity contribution in [3.8, 4) is 11.5 Å². The Morgan fingerprint density at radius 1 is 0.833 bits per heavy atom. The van der Waals surface area contributed by atoms with Gasteiger partial charge in [-0.2, -0.15) is 0 Å². The minimum Gasteiger partial charge on any atom is -0.493 e. The molecule has 150 valence electrons. The van der Waals surface area contributed by atoms with Crippen molar-refractivity contribution < 1.29 is 14.3 Å². The lowest BCUT2D eigenvalue weighted by molar-refractivity contribution is 0.102. The van der Waals surface area contributed by atoms with Crippen LogP contribution in [0.4, 0.5) is 17.1 Å². The Labute approximate surface area is 174 Å². The van der Waals surface area contributed by atoms with Crippen LogP contribution in [0.5, 0.6) is 11.5 Å². The van der Waals surface area contributed by atoms with E-state index in [0.29, 0.717) is 22.7 Å². The van der Waals surface area contributed by atoms with Gasteiger partial charge < -0.3 is 20.1 Å². The highest BCUT2D eigenvalue weighted by Gasteiger charge is 2.11. The summed E-state index contributed by atoms with van der Waals surface area (Å²) in [6, 6.07) is 22.5. The topological polar surface area (TPSA) is 72.5 Å². The minimum absolute atomic E-state index is 0.227. The summed E-state index contributed by atoms with van der Waals surface area (Å²) in [4.78, 5) is 17.0. The lowest BCUT2D eigenvalue weighted by Crippen LogP contribution is -2.12. The number of fused-ring (bicyclic) bond motifs is 1. The van der Waals surface area contributed by atoms with E-state index < -0.39 is 0 Å².